The molecule has 1 unspecified atom stereocenters. The Labute approximate surface area is 169 Å². The van der Waals surface area contributed by atoms with Gasteiger partial charge in [0.1, 0.15) is 18.8 Å². The summed E-state index contributed by atoms with van der Waals surface area (Å²) < 4.78 is 44.5. The van der Waals surface area contributed by atoms with Crippen molar-refractivity contribution >= 4 is 17.6 Å². The predicted molar refractivity (Wildman–Crippen MR) is 100 cm³/mol. The number of alkyl halides is 3. The number of aromatic nitrogens is 1. The molecule has 1 heterocycles. The molecule has 1 aromatic heterocycles. The quantitative estimate of drug-likeness (QED) is 0.408. The molecule has 160 valence electrons. The van der Waals surface area contributed by atoms with Gasteiger partial charge in [-0.1, -0.05) is 29.4 Å². The van der Waals surface area contributed by atoms with E-state index in [1.807, 2.05) is 0 Å². The van der Waals surface area contributed by atoms with Gasteiger partial charge in [0.2, 0.25) is 5.90 Å². The van der Waals surface area contributed by atoms with Crippen molar-refractivity contribution in [2.24, 2.45) is 10.3 Å². The van der Waals surface area contributed by atoms with E-state index < -0.39 is 29.7 Å². The average Bonchev–Trinajstić information content (AvgIpc) is 2.69. The average molecular weight is 425 g/mol. The maximum atomic E-state index is 13.0. The molecule has 11 heteroatoms. The Hall–Kier alpha value is -3.63. The molecule has 0 amide bonds. The topological polar surface area (TPSA) is 103 Å². The first-order valence-corrected chi connectivity index (χ1v) is 8.49. The highest BCUT2D eigenvalue weighted by molar-refractivity contribution is 6.42. The number of aliphatic carboxylic acids is 1. The van der Waals surface area contributed by atoms with Crippen molar-refractivity contribution in [3.05, 3.63) is 59.3 Å². The van der Waals surface area contributed by atoms with Crippen LogP contribution in [0.15, 0.2) is 52.9 Å². The molecule has 0 aliphatic carbocycles. The van der Waals surface area contributed by atoms with Gasteiger partial charge in [0.15, 0.2) is 5.71 Å². The SMILES string of the molecule is CO/N=C(/C(=O)O)c1ccccc1C(C)O/C(C)=N/Oc1ncccc1C(F)(F)F. The minimum atomic E-state index is -4.66. The molecule has 1 aromatic carbocycles. The third-order valence-corrected chi connectivity index (χ3v) is 3.72. The first-order valence-electron chi connectivity index (χ1n) is 8.49. The molecular weight excluding hydrogens is 407 g/mol. The molecule has 0 fully saturated rings. The van der Waals surface area contributed by atoms with Gasteiger partial charge in [-0.15, -0.1) is 0 Å². The fraction of sp³-hybridized carbons (Fsp3) is 0.263. The summed E-state index contributed by atoms with van der Waals surface area (Å²) in [5, 5.41) is 16.4. The zero-order chi connectivity index (χ0) is 22.3. The lowest BCUT2D eigenvalue weighted by molar-refractivity contribution is -0.139. The summed E-state index contributed by atoms with van der Waals surface area (Å²) in [5.74, 6) is -2.13. The summed E-state index contributed by atoms with van der Waals surface area (Å²) in [6, 6.07) is 8.36. The van der Waals surface area contributed by atoms with Crippen molar-refractivity contribution in [2.45, 2.75) is 26.1 Å². The Balaban J connectivity index is 2.23. The van der Waals surface area contributed by atoms with Gasteiger partial charge in [0.05, 0.1) is 0 Å². The van der Waals surface area contributed by atoms with Gasteiger partial charge < -0.3 is 19.5 Å². The van der Waals surface area contributed by atoms with E-state index >= 15 is 0 Å². The summed E-state index contributed by atoms with van der Waals surface area (Å²) in [6.45, 7) is 2.97. The van der Waals surface area contributed by atoms with Crippen molar-refractivity contribution in [3.8, 4) is 5.88 Å². The Morgan fingerprint density at radius 2 is 1.87 bits per heavy atom. The molecule has 0 spiro atoms. The van der Waals surface area contributed by atoms with Crippen LogP contribution in [0.1, 0.15) is 36.6 Å². The Bertz CT molecular complexity index is 960. The number of carboxylic acids is 1. The molecule has 0 saturated heterocycles. The lowest BCUT2D eigenvalue weighted by atomic mass is 9.99. The fourth-order valence-electron chi connectivity index (χ4n) is 2.49. The number of hydrogen-bond acceptors (Lipinski definition) is 7. The van der Waals surface area contributed by atoms with Gasteiger partial charge in [-0.05, 0) is 24.2 Å². The van der Waals surface area contributed by atoms with E-state index in [2.05, 4.69) is 20.1 Å². The Morgan fingerprint density at radius 3 is 2.50 bits per heavy atom. The maximum absolute atomic E-state index is 13.0. The van der Waals surface area contributed by atoms with Crippen LogP contribution in [-0.4, -0.2) is 34.8 Å². The largest absolute Gasteiger partial charge is 0.476 e. The van der Waals surface area contributed by atoms with Gasteiger partial charge in [-0.3, -0.25) is 0 Å². The van der Waals surface area contributed by atoms with Crippen LogP contribution in [0.4, 0.5) is 13.2 Å². The first-order chi connectivity index (χ1) is 14.1. The first kappa shape index (κ1) is 22.7. The molecule has 2 aromatic rings. The number of oxime groups is 2. The second-order valence-electron chi connectivity index (χ2n) is 5.83. The van der Waals surface area contributed by atoms with Gasteiger partial charge in [-0.2, -0.15) is 13.2 Å². The molecule has 0 bridgehead atoms. The van der Waals surface area contributed by atoms with E-state index in [9.17, 15) is 23.1 Å². The minimum absolute atomic E-state index is 0.100. The Morgan fingerprint density at radius 1 is 1.17 bits per heavy atom. The molecule has 1 N–H and O–H groups in total. The van der Waals surface area contributed by atoms with E-state index in [1.54, 1.807) is 25.1 Å². The van der Waals surface area contributed by atoms with Crippen molar-refractivity contribution in [1.82, 2.24) is 4.98 Å². The van der Waals surface area contributed by atoms with Crippen LogP contribution in [0.25, 0.3) is 0 Å². The van der Waals surface area contributed by atoms with Crippen LogP contribution in [0.3, 0.4) is 0 Å². The molecule has 0 aliphatic heterocycles. The molecule has 8 nitrogen and oxygen atoms in total. The van der Waals surface area contributed by atoms with Crippen molar-refractivity contribution in [3.63, 3.8) is 0 Å². The highest BCUT2D eigenvalue weighted by Gasteiger charge is 2.35. The number of rotatable bonds is 7. The number of halogens is 3. The lowest BCUT2D eigenvalue weighted by Gasteiger charge is -2.17. The molecule has 30 heavy (non-hydrogen) atoms. The number of carboxylic acid groups (broad SMARTS) is 1. The summed E-state index contributed by atoms with van der Waals surface area (Å²) in [6.07, 6.45) is -4.26. The van der Waals surface area contributed by atoms with E-state index in [1.165, 1.54) is 20.1 Å². The molecular formula is C19H18F3N3O5. The van der Waals surface area contributed by atoms with Gasteiger partial charge in [0, 0.05) is 24.2 Å². The van der Waals surface area contributed by atoms with E-state index in [-0.39, 0.29) is 17.2 Å². The maximum Gasteiger partial charge on any atom is 0.421 e. The number of hydrogen-bond donors (Lipinski definition) is 1. The minimum Gasteiger partial charge on any atom is -0.476 e. The second kappa shape index (κ2) is 9.72. The number of ether oxygens (including phenoxy) is 1. The summed E-state index contributed by atoms with van der Waals surface area (Å²) in [4.78, 5) is 24.4. The molecule has 2 rings (SSSR count). The lowest BCUT2D eigenvalue weighted by Crippen LogP contribution is -2.19. The fourth-order valence-corrected chi connectivity index (χ4v) is 2.49. The summed E-state index contributed by atoms with van der Waals surface area (Å²) in [5.41, 5.74) is -0.726. The van der Waals surface area contributed by atoms with E-state index in [4.69, 9.17) is 9.57 Å². The van der Waals surface area contributed by atoms with E-state index in [0.717, 1.165) is 18.3 Å². The number of benzene rings is 1. The van der Waals surface area contributed by atoms with Crippen molar-refractivity contribution < 1.29 is 37.5 Å². The highest BCUT2D eigenvalue weighted by Crippen LogP contribution is 2.34. The predicted octanol–water partition coefficient (Wildman–Crippen LogP) is 4.03. The normalized spacial score (nSPS) is 13.5. The number of nitrogens with zero attached hydrogens (tertiary/aromatic N) is 3. The van der Waals surface area contributed by atoms with Crippen LogP contribution in [0, 0.1) is 0 Å². The highest BCUT2D eigenvalue weighted by atomic mass is 19.4. The van der Waals surface area contributed by atoms with Crippen LogP contribution >= 0.6 is 0 Å². The second-order valence-corrected chi connectivity index (χ2v) is 5.83. The van der Waals surface area contributed by atoms with Crippen LogP contribution < -0.4 is 4.84 Å². The summed E-state index contributed by atoms with van der Waals surface area (Å²) >= 11 is 0. The van der Waals surface area contributed by atoms with Gasteiger partial charge >= 0.3 is 12.1 Å². The molecule has 1 atom stereocenters. The molecule has 0 saturated carbocycles. The van der Waals surface area contributed by atoms with E-state index in [0.29, 0.717) is 5.56 Å². The number of pyridine rings is 1. The summed E-state index contributed by atoms with van der Waals surface area (Å²) in [7, 11) is 1.21. The van der Waals surface area contributed by atoms with Crippen LogP contribution in [0.2, 0.25) is 0 Å². The molecule has 0 radical (unpaired) electrons. The standard InChI is InChI=1S/C19H18F3N3O5/c1-11(13-7-4-5-8-14(13)16(18(26)27)25-28-3)29-12(2)24-30-17-15(19(20,21)22)9-6-10-23-17/h4-11H,1-3H3,(H,26,27)/b24-12+,25-16+. The monoisotopic (exact) mass is 425 g/mol. The van der Waals surface area contributed by atoms with Crippen LogP contribution in [0.5, 0.6) is 5.88 Å². The van der Waals surface area contributed by atoms with Crippen LogP contribution in [-0.2, 0) is 20.5 Å². The van der Waals surface area contributed by atoms with Crippen molar-refractivity contribution in [2.75, 3.05) is 7.11 Å². The van der Waals surface area contributed by atoms with Gasteiger partial charge in [0.25, 0.3) is 5.88 Å². The van der Waals surface area contributed by atoms with Crippen molar-refractivity contribution in [1.29, 1.82) is 0 Å². The zero-order valence-electron chi connectivity index (χ0n) is 16.2. The number of carbonyl (C=O) groups is 1. The Kier molecular flexibility index (Phi) is 7.34. The third kappa shape index (κ3) is 5.69. The smallest absolute Gasteiger partial charge is 0.421 e. The zero-order valence-corrected chi connectivity index (χ0v) is 16.2. The molecule has 0 aliphatic rings. The third-order valence-electron chi connectivity index (χ3n) is 3.72. The van der Waals surface area contributed by atoms with Gasteiger partial charge in [-0.25, -0.2) is 9.78 Å².